The van der Waals surface area contributed by atoms with E-state index in [4.69, 9.17) is 17.3 Å². The summed E-state index contributed by atoms with van der Waals surface area (Å²) >= 11 is 6.02. The van der Waals surface area contributed by atoms with Crippen molar-refractivity contribution in [1.82, 2.24) is 9.62 Å². The molecule has 1 aromatic carbocycles. The van der Waals surface area contributed by atoms with Crippen LogP contribution in [0, 0.1) is 12.8 Å². The third kappa shape index (κ3) is 3.87. The number of nitrogens with one attached hydrogen (secondary N) is 1. The van der Waals surface area contributed by atoms with Gasteiger partial charge in [0.05, 0.1) is 5.02 Å². The molecule has 0 aromatic heterocycles. The number of aryl methyl sites for hydroxylation is 1. The Morgan fingerprint density at radius 2 is 2.05 bits per heavy atom. The number of benzene rings is 1. The van der Waals surface area contributed by atoms with Gasteiger partial charge in [0.25, 0.3) is 0 Å². The first-order valence-corrected chi connectivity index (χ1v) is 8.16. The number of hydrogen-bond acceptors (Lipinski definition) is 4. The van der Waals surface area contributed by atoms with E-state index in [1.807, 2.05) is 0 Å². The van der Waals surface area contributed by atoms with E-state index >= 15 is 0 Å². The molecular weight excluding hydrogens is 314 g/mol. The topological polar surface area (TPSA) is 92.5 Å². The second-order valence-corrected chi connectivity index (χ2v) is 7.36. The molecule has 1 aromatic rings. The van der Waals surface area contributed by atoms with Crippen LogP contribution in [0.2, 0.25) is 5.02 Å². The van der Waals surface area contributed by atoms with E-state index in [2.05, 4.69) is 5.32 Å². The molecule has 6 nitrogen and oxygen atoms in total. The molecule has 0 aliphatic heterocycles. The zero-order valence-electron chi connectivity index (χ0n) is 12.5. The molecule has 21 heavy (non-hydrogen) atoms. The number of sulfonamides is 1. The Morgan fingerprint density at radius 3 is 2.57 bits per heavy atom. The van der Waals surface area contributed by atoms with Crippen LogP contribution in [0.25, 0.3) is 0 Å². The maximum Gasteiger partial charge on any atom is 0.244 e. The lowest BCUT2D eigenvalue weighted by atomic mass is 10.2. The molecule has 0 spiro atoms. The fourth-order valence-corrected chi connectivity index (χ4v) is 3.69. The highest BCUT2D eigenvalue weighted by molar-refractivity contribution is 7.89. The van der Waals surface area contributed by atoms with Gasteiger partial charge in [0.15, 0.2) is 0 Å². The molecule has 1 rings (SSSR count). The molecular formula is C13H20ClN3O3S. The molecule has 3 N–H and O–H groups in total. The van der Waals surface area contributed by atoms with Crippen molar-refractivity contribution in [3.8, 4) is 0 Å². The highest BCUT2D eigenvalue weighted by Gasteiger charge is 2.27. The average Bonchev–Trinajstić information content (AvgIpc) is 2.41. The minimum absolute atomic E-state index is 0.0477. The maximum absolute atomic E-state index is 12.5. The van der Waals surface area contributed by atoms with Crippen molar-refractivity contribution in [2.24, 2.45) is 5.92 Å². The summed E-state index contributed by atoms with van der Waals surface area (Å²) in [4.78, 5) is 11.4. The van der Waals surface area contributed by atoms with Gasteiger partial charge >= 0.3 is 0 Å². The van der Waals surface area contributed by atoms with E-state index in [-0.39, 0.29) is 22.4 Å². The standard InChI is InChI=1S/C13H20ClN3O3S/c1-8-5-10(14)12(6-11(8)15)21(19,20)17(4)7-9(2)13(18)16-3/h5-6,9H,7,15H2,1-4H3,(H,16,18). The number of hydrogen-bond donors (Lipinski definition) is 2. The Hall–Kier alpha value is -1.31. The molecule has 1 atom stereocenters. The molecule has 0 aliphatic rings. The summed E-state index contributed by atoms with van der Waals surface area (Å²) in [5.41, 5.74) is 6.81. The smallest absolute Gasteiger partial charge is 0.244 e. The second-order valence-electron chi connectivity index (χ2n) is 4.94. The van der Waals surface area contributed by atoms with E-state index in [1.165, 1.54) is 26.2 Å². The second kappa shape index (κ2) is 6.64. The van der Waals surface area contributed by atoms with Crippen LogP contribution in [0.1, 0.15) is 12.5 Å². The lowest BCUT2D eigenvalue weighted by Crippen LogP contribution is -2.37. The average molecular weight is 334 g/mol. The molecule has 1 amide bonds. The third-order valence-corrected chi connectivity index (χ3v) is 5.52. The number of nitrogen functional groups attached to an aromatic ring is 1. The molecule has 0 saturated carbocycles. The van der Waals surface area contributed by atoms with Crippen LogP contribution in [0.5, 0.6) is 0 Å². The van der Waals surface area contributed by atoms with Gasteiger partial charge in [-0.15, -0.1) is 0 Å². The summed E-state index contributed by atoms with van der Waals surface area (Å²) in [6.45, 7) is 3.44. The van der Waals surface area contributed by atoms with Crippen molar-refractivity contribution >= 4 is 33.2 Å². The van der Waals surface area contributed by atoms with Gasteiger partial charge in [0.1, 0.15) is 4.90 Å². The summed E-state index contributed by atoms with van der Waals surface area (Å²) in [6, 6.07) is 2.86. The molecule has 0 aliphatic carbocycles. The van der Waals surface area contributed by atoms with Crippen LogP contribution in [-0.2, 0) is 14.8 Å². The normalized spacial score (nSPS) is 13.2. The number of carbonyl (C=O) groups excluding carboxylic acids is 1. The molecule has 0 bridgehead atoms. The van der Waals surface area contributed by atoms with Gasteiger partial charge in [-0.25, -0.2) is 12.7 Å². The summed E-state index contributed by atoms with van der Waals surface area (Å²) in [7, 11) is -0.896. The van der Waals surface area contributed by atoms with Crippen LogP contribution in [-0.4, -0.2) is 39.3 Å². The lowest BCUT2D eigenvalue weighted by molar-refractivity contribution is -0.124. The Morgan fingerprint density at radius 1 is 1.48 bits per heavy atom. The van der Waals surface area contributed by atoms with Crippen LogP contribution < -0.4 is 11.1 Å². The minimum Gasteiger partial charge on any atom is -0.398 e. The number of halogens is 1. The van der Waals surface area contributed by atoms with Crippen molar-refractivity contribution in [1.29, 1.82) is 0 Å². The van der Waals surface area contributed by atoms with Crippen LogP contribution >= 0.6 is 11.6 Å². The lowest BCUT2D eigenvalue weighted by Gasteiger charge is -2.21. The van der Waals surface area contributed by atoms with Crippen LogP contribution in [0.4, 0.5) is 5.69 Å². The molecule has 8 heteroatoms. The summed E-state index contributed by atoms with van der Waals surface area (Å²) in [5.74, 6) is -0.706. The fourth-order valence-electron chi connectivity index (χ4n) is 1.85. The predicted molar refractivity (Wildman–Crippen MR) is 83.6 cm³/mol. The summed E-state index contributed by atoms with van der Waals surface area (Å²) in [5, 5.41) is 2.59. The van der Waals surface area contributed by atoms with E-state index < -0.39 is 15.9 Å². The number of anilines is 1. The van der Waals surface area contributed by atoms with Crippen LogP contribution in [0.15, 0.2) is 17.0 Å². The first-order chi connectivity index (χ1) is 9.61. The number of amides is 1. The quantitative estimate of drug-likeness (QED) is 0.793. The first-order valence-electron chi connectivity index (χ1n) is 6.34. The van der Waals surface area contributed by atoms with Gasteiger partial charge in [-0.2, -0.15) is 0 Å². The van der Waals surface area contributed by atoms with Gasteiger partial charge < -0.3 is 11.1 Å². The molecule has 0 heterocycles. The third-order valence-electron chi connectivity index (χ3n) is 3.23. The Labute approximate surface area is 130 Å². The zero-order chi connectivity index (χ0) is 16.4. The fraction of sp³-hybridized carbons (Fsp3) is 0.462. The summed E-state index contributed by atoms with van der Waals surface area (Å²) in [6.07, 6.45) is 0. The van der Waals surface area contributed by atoms with Gasteiger partial charge in [-0.1, -0.05) is 18.5 Å². The Bertz CT molecular complexity index is 646. The Kier molecular flexibility index (Phi) is 5.61. The highest BCUT2D eigenvalue weighted by atomic mass is 35.5. The number of nitrogens with two attached hydrogens (primary N) is 1. The highest BCUT2D eigenvalue weighted by Crippen LogP contribution is 2.28. The van der Waals surface area contributed by atoms with Gasteiger partial charge in [0, 0.05) is 32.2 Å². The van der Waals surface area contributed by atoms with Gasteiger partial charge in [-0.3, -0.25) is 4.79 Å². The molecule has 1 unspecified atom stereocenters. The van der Waals surface area contributed by atoms with E-state index in [9.17, 15) is 13.2 Å². The van der Waals surface area contributed by atoms with Gasteiger partial charge in [0.2, 0.25) is 15.9 Å². The molecule has 0 radical (unpaired) electrons. The van der Waals surface area contributed by atoms with Crippen molar-refractivity contribution in [3.63, 3.8) is 0 Å². The molecule has 0 saturated heterocycles. The van der Waals surface area contributed by atoms with Crippen LogP contribution in [0.3, 0.4) is 0 Å². The minimum atomic E-state index is -3.80. The van der Waals surface area contributed by atoms with E-state index in [0.29, 0.717) is 11.3 Å². The zero-order valence-corrected chi connectivity index (χ0v) is 14.0. The SMILES string of the molecule is CNC(=O)C(C)CN(C)S(=O)(=O)c1cc(N)c(C)cc1Cl. The van der Waals surface area contributed by atoms with Crippen molar-refractivity contribution in [3.05, 3.63) is 22.7 Å². The molecule has 118 valence electrons. The monoisotopic (exact) mass is 333 g/mol. The number of nitrogens with zero attached hydrogens (tertiary/aromatic N) is 1. The predicted octanol–water partition coefficient (Wildman–Crippen LogP) is 1.23. The summed E-state index contributed by atoms with van der Waals surface area (Å²) < 4.78 is 26.1. The number of carbonyl (C=O) groups is 1. The Balaban J connectivity index is 3.11. The number of rotatable bonds is 5. The molecule has 0 fully saturated rings. The maximum atomic E-state index is 12.5. The van der Waals surface area contributed by atoms with Crippen molar-refractivity contribution in [2.75, 3.05) is 26.4 Å². The first kappa shape index (κ1) is 17.7. The van der Waals surface area contributed by atoms with Crippen molar-refractivity contribution in [2.45, 2.75) is 18.7 Å². The van der Waals surface area contributed by atoms with E-state index in [1.54, 1.807) is 13.8 Å². The van der Waals surface area contributed by atoms with Gasteiger partial charge in [-0.05, 0) is 24.6 Å². The largest absolute Gasteiger partial charge is 0.398 e. The van der Waals surface area contributed by atoms with E-state index in [0.717, 1.165) is 4.31 Å². The van der Waals surface area contributed by atoms with Crippen molar-refractivity contribution < 1.29 is 13.2 Å².